The summed E-state index contributed by atoms with van der Waals surface area (Å²) in [5.74, 6) is 0. The molecule has 15 heavy (non-hydrogen) atoms. The van der Waals surface area contributed by atoms with Gasteiger partial charge in [-0.2, -0.15) is 0 Å². The van der Waals surface area contributed by atoms with Gasteiger partial charge >= 0.3 is 0 Å². The first-order valence-electron chi connectivity index (χ1n) is 6.14. The minimum Gasteiger partial charge on any atom is -0.420 e. The highest BCUT2D eigenvalue weighted by molar-refractivity contribution is 6.50. The highest BCUT2D eigenvalue weighted by atomic mass is 28.3. The average Bonchev–Trinajstić information content (AvgIpc) is 3.02. The van der Waals surface area contributed by atoms with E-state index in [2.05, 4.69) is 13.5 Å². The van der Waals surface area contributed by atoms with Crippen LogP contribution in [-0.4, -0.2) is 41.6 Å². The third kappa shape index (κ3) is 7.96. The van der Waals surface area contributed by atoms with Gasteiger partial charge in [0.05, 0.1) is 13.2 Å². The second kappa shape index (κ2) is 8.27. The van der Waals surface area contributed by atoms with Gasteiger partial charge in [-0.05, 0) is 25.4 Å². The topological polar surface area (TPSA) is 31.0 Å². The molecule has 0 radical (unpaired) electrons. The Kier molecular flexibility index (Phi) is 7.26. The predicted molar refractivity (Wildman–Crippen MR) is 63.9 cm³/mol. The number of hydrogen-bond donors (Lipinski definition) is 0. The van der Waals surface area contributed by atoms with Gasteiger partial charge in [0.25, 0.3) is 0 Å². The van der Waals surface area contributed by atoms with Crippen LogP contribution in [0, 0.1) is 0 Å². The van der Waals surface area contributed by atoms with Crippen LogP contribution in [0.3, 0.4) is 0 Å². The molecule has 3 nitrogen and oxygen atoms in total. The Morgan fingerprint density at radius 3 is 2.80 bits per heavy atom. The molecule has 2 atom stereocenters. The van der Waals surface area contributed by atoms with Crippen molar-refractivity contribution < 1.29 is 13.9 Å². The minimum atomic E-state index is -0.897. The Morgan fingerprint density at radius 2 is 2.13 bits per heavy atom. The van der Waals surface area contributed by atoms with E-state index < -0.39 is 9.04 Å². The molecule has 1 heterocycles. The highest BCUT2D eigenvalue weighted by Crippen LogP contribution is 2.09. The molecular formula is C11H24O3Si. The van der Waals surface area contributed by atoms with E-state index in [1.807, 2.05) is 0 Å². The summed E-state index contributed by atoms with van der Waals surface area (Å²) in [6.07, 6.45) is 3.98. The summed E-state index contributed by atoms with van der Waals surface area (Å²) in [5.41, 5.74) is 0. The zero-order valence-electron chi connectivity index (χ0n) is 10.0. The third-order valence-electron chi connectivity index (χ3n) is 2.51. The summed E-state index contributed by atoms with van der Waals surface area (Å²) in [7, 11) is -0.897. The molecule has 2 unspecified atom stereocenters. The van der Waals surface area contributed by atoms with Crippen molar-refractivity contribution in [3.05, 3.63) is 0 Å². The molecule has 0 aromatic rings. The second-order valence-electron chi connectivity index (χ2n) is 4.21. The van der Waals surface area contributed by atoms with Crippen LogP contribution < -0.4 is 0 Å². The molecule has 0 aliphatic carbocycles. The lowest BCUT2D eigenvalue weighted by atomic mass is 10.4. The van der Waals surface area contributed by atoms with Crippen LogP contribution in [0.15, 0.2) is 0 Å². The van der Waals surface area contributed by atoms with Crippen LogP contribution in [0.5, 0.6) is 0 Å². The maximum Gasteiger partial charge on any atom is 0.173 e. The Labute approximate surface area is 94.8 Å². The number of ether oxygens (including phenoxy) is 2. The molecule has 1 aliphatic heterocycles. The summed E-state index contributed by atoms with van der Waals surface area (Å²) < 4.78 is 16.3. The Hall–Kier alpha value is 0.0969. The number of rotatable bonds is 10. The maximum atomic E-state index is 5.78. The van der Waals surface area contributed by atoms with E-state index in [-0.39, 0.29) is 0 Å². The van der Waals surface area contributed by atoms with Crippen LogP contribution in [0.1, 0.15) is 26.2 Å². The van der Waals surface area contributed by atoms with Gasteiger partial charge in [-0.1, -0.05) is 13.3 Å². The molecule has 0 aromatic carbocycles. The number of hydrogen-bond acceptors (Lipinski definition) is 3. The smallest absolute Gasteiger partial charge is 0.173 e. The monoisotopic (exact) mass is 232 g/mol. The van der Waals surface area contributed by atoms with Crippen molar-refractivity contribution >= 4 is 9.04 Å². The van der Waals surface area contributed by atoms with Gasteiger partial charge in [-0.15, -0.1) is 0 Å². The van der Waals surface area contributed by atoms with Gasteiger partial charge in [0.1, 0.15) is 6.10 Å². The highest BCUT2D eigenvalue weighted by Gasteiger charge is 2.21. The van der Waals surface area contributed by atoms with Gasteiger partial charge in [0.2, 0.25) is 0 Å². The van der Waals surface area contributed by atoms with Crippen molar-refractivity contribution in [1.29, 1.82) is 0 Å². The largest absolute Gasteiger partial charge is 0.420 e. The molecule has 0 N–H and O–H groups in total. The minimum absolute atomic E-state index is 0.403. The average molecular weight is 232 g/mol. The summed E-state index contributed by atoms with van der Waals surface area (Å²) >= 11 is 0. The molecule has 1 rings (SSSR count). The van der Waals surface area contributed by atoms with E-state index in [9.17, 15) is 0 Å². The van der Waals surface area contributed by atoms with Crippen LogP contribution in [-0.2, 0) is 13.9 Å². The molecule has 1 fully saturated rings. The van der Waals surface area contributed by atoms with Crippen LogP contribution in [0.2, 0.25) is 12.6 Å². The molecule has 0 spiro atoms. The van der Waals surface area contributed by atoms with Crippen molar-refractivity contribution in [2.75, 3.05) is 26.4 Å². The van der Waals surface area contributed by atoms with E-state index in [1.165, 1.54) is 18.9 Å². The predicted octanol–water partition coefficient (Wildman–Crippen LogP) is 1.96. The summed E-state index contributed by atoms with van der Waals surface area (Å²) in [5, 5.41) is 0. The van der Waals surface area contributed by atoms with Crippen molar-refractivity contribution in [1.82, 2.24) is 0 Å². The van der Waals surface area contributed by atoms with Gasteiger partial charge in [-0.3, -0.25) is 0 Å². The van der Waals surface area contributed by atoms with Crippen LogP contribution >= 0.6 is 0 Å². The molecule has 0 saturated carbocycles. The van der Waals surface area contributed by atoms with E-state index in [1.54, 1.807) is 0 Å². The normalized spacial score (nSPS) is 21.6. The van der Waals surface area contributed by atoms with Gasteiger partial charge in [-0.25, -0.2) is 0 Å². The zero-order valence-corrected chi connectivity index (χ0v) is 11.2. The fourth-order valence-corrected chi connectivity index (χ4v) is 2.84. The van der Waals surface area contributed by atoms with Crippen LogP contribution in [0.25, 0.3) is 0 Å². The van der Waals surface area contributed by atoms with Gasteiger partial charge < -0.3 is 13.9 Å². The summed E-state index contributed by atoms with van der Waals surface area (Å²) in [6, 6.07) is 1.23. The van der Waals surface area contributed by atoms with E-state index in [0.717, 1.165) is 32.8 Å². The SMILES string of the molecule is CCCCO[SiH](C)CCCOCC1CO1. The third-order valence-corrected chi connectivity index (χ3v) is 4.53. The lowest BCUT2D eigenvalue weighted by Crippen LogP contribution is -2.15. The standard InChI is InChI=1S/C11H24O3Si/c1-3-4-7-14-15(2)8-5-6-12-9-11-10-13-11/h11,15H,3-10H2,1-2H3. The van der Waals surface area contributed by atoms with E-state index in [4.69, 9.17) is 13.9 Å². The Balaban J connectivity index is 1.76. The lowest BCUT2D eigenvalue weighted by Gasteiger charge is -2.10. The molecular weight excluding hydrogens is 208 g/mol. The van der Waals surface area contributed by atoms with Crippen molar-refractivity contribution in [2.45, 2.75) is 44.9 Å². The van der Waals surface area contributed by atoms with Crippen LogP contribution in [0.4, 0.5) is 0 Å². The summed E-state index contributed by atoms with van der Waals surface area (Å²) in [4.78, 5) is 0. The first-order chi connectivity index (χ1) is 7.33. The zero-order chi connectivity index (χ0) is 10.9. The summed E-state index contributed by atoms with van der Waals surface area (Å²) in [6.45, 7) is 7.98. The molecule has 4 heteroatoms. The molecule has 0 amide bonds. The Morgan fingerprint density at radius 1 is 1.33 bits per heavy atom. The van der Waals surface area contributed by atoms with Gasteiger partial charge in [0, 0.05) is 13.2 Å². The maximum absolute atomic E-state index is 5.78. The van der Waals surface area contributed by atoms with E-state index >= 15 is 0 Å². The Bertz CT molecular complexity index is 151. The number of unbranched alkanes of at least 4 members (excludes halogenated alkanes) is 1. The molecule has 0 aromatic heterocycles. The van der Waals surface area contributed by atoms with Crippen molar-refractivity contribution in [3.63, 3.8) is 0 Å². The van der Waals surface area contributed by atoms with Gasteiger partial charge in [0.15, 0.2) is 9.04 Å². The van der Waals surface area contributed by atoms with Crippen molar-refractivity contribution in [3.8, 4) is 0 Å². The fraction of sp³-hybridized carbons (Fsp3) is 1.00. The quantitative estimate of drug-likeness (QED) is 0.328. The lowest BCUT2D eigenvalue weighted by molar-refractivity contribution is 0.116. The molecule has 1 saturated heterocycles. The molecule has 90 valence electrons. The molecule has 1 aliphatic rings. The fourth-order valence-electron chi connectivity index (χ4n) is 1.36. The number of epoxide rings is 1. The second-order valence-corrected chi connectivity index (χ2v) is 6.74. The first kappa shape index (κ1) is 13.2. The molecule has 0 bridgehead atoms. The first-order valence-corrected chi connectivity index (χ1v) is 8.58. The van der Waals surface area contributed by atoms with Crippen molar-refractivity contribution in [2.24, 2.45) is 0 Å². The van der Waals surface area contributed by atoms with E-state index in [0.29, 0.717) is 6.10 Å².